The molecule has 0 atom stereocenters. The molecule has 1 amide bonds. The number of carbonyl (C=O) groups is 2. The zero-order chi connectivity index (χ0) is 12.1. The Morgan fingerprint density at radius 2 is 1.94 bits per heavy atom. The van der Waals surface area contributed by atoms with Crippen LogP contribution in [0.3, 0.4) is 0 Å². The zero-order valence-electron chi connectivity index (χ0n) is 9.96. The van der Waals surface area contributed by atoms with Crippen molar-refractivity contribution in [2.24, 2.45) is 0 Å². The number of benzene rings is 1. The minimum atomic E-state index is -0.0985. The minimum absolute atomic E-state index is 0.0389. The molecule has 0 saturated carbocycles. The summed E-state index contributed by atoms with van der Waals surface area (Å²) in [5.74, 6) is -0.137. The van der Waals surface area contributed by atoms with E-state index in [0.717, 1.165) is 11.1 Å². The van der Waals surface area contributed by atoms with Crippen molar-refractivity contribution in [3.05, 3.63) is 34.9 Å². The summed E-state index contributed by atoms with van der Waals surface area (Å²) in [5, 5.41) is 2.59. The van der Waals surface area contributed by atoms with Crippen molar-refractivity contribution in [3.8, 4) is 0 Å². The van der Waals surface area contributed by atoms with Crippen molar-refractivity contribution in [1.29, 1.82) is 0 Å². The van der Waals surface area contributed by atoms with Crippen LogP contribution in [0, 0.1) is 13.8 Å². The maximum atomic E-state index is 11.8. The molecule has 0 aliphatic rings. The van der Waals surface area contributed by atoms with Gasteiger partial charge in [0.15, 0.2) is 5.78 Å². The Morgan fingerprint density at radius 1 is 1.25 bits per heavy atom. The van der Waals surface area contributed by atoms with Gasteiger partial charge in [-0.25, -0.2) is 0 Å². The number of hydrogen-bond donors (Lipinski definition) is 1. The van der Waals surface area contributed by atoms with Gasteiger partial charge >= 0.3 is 0 Å². The number of hydrogen-bond acceptors (Lipinski definition) is 2. The molecule has 0 spiro atoms. The Morgan fingerprint density at radius 3 is 2.56 bits per heavy atom. The number of aryl methyl sites for hydroxylation is 2. The van der Waals surface area contributed by atoms with Crippen LogP contribution in [0.15, 0.2) is 18.2 Å². The topological polar surface area (TPSA) is 46.2 Å². The molecule has 3 heteroatoms. The molecule has 0 aliphatic carbocycles. The van der Waals surface area contributed by atoms with Gasteiger partial charge in [-0.1, -0.05) is 24.6 Å². The summed E-state index contributed by atoms with van der Waals surface area (Å²) in [6.07, 6.45) is 0.403. The summed E-state index contributed by atoms with van der Waals surface area (Å²) in [4.78, 5) is 22.9. The molecule has 0 heterocycles. The third-order valence-corrected chi connectivity index (χ3v) is 2.46. The third-order valence-electron chi connectivity index (χ3n) is 2.46. The molecule has 86 valence electrons. The fourth-order valence-electron chi connectivity index (χ4n) is 1.44. The Hall–Kier alpha value is -1.64. The molecule has 1 rings (SSSR count). The second-order valence-corrected chi connectivity index (χ2v) is 3.87. The van der Waals surface area contributed by atoms with Crippen LogP contribution in [-0.4, -0.2) is 18.2 Å². The second kappa shape index (κ2) is 5.45. The maximum Gasteiger partial charge on any atom is 0.220 e. The van der Waals surface area contributed by atoms with E-state index >= 15 is 0 Å². The lowest BCUT2D eigenvalue weighted by Crippen LogP contribution is -2.29. The van der Waals surface area contributed by atoms with Gasteiger partial charge in [-0.05, 0) is 25.5 Å². The molecule has 0 aliphatic heterocycles. The Balaban J connectivity index is 2.73. The van der Waals surface area contributed by atoms with E-state index in [9.17, 15) is 9.59 Å². The highest BCUT2D eigenvalue weighted by atomic mass is 16.2. The van der Waals surface area contributed by atoms with Crippen LogP contribution < -0.4 is 5.32 Å². The van der Waals surface area contributed by atoms with Gasteiger partial charge < -0.3 is 5.32 Å². The molecule has 1 N–H and O–H groups in total. The summed E-state index contributed by atoms with van der Waals surface area (Å²) in [7, 11) is 0. The molecule has 0 bridgehead atoms. The molecule has 16 heavy (non-hydrogen) atoms. The molecule has 3 nitrogen and oxygen atoms in total. The van der Waals surface area contributed by atoms with E-state index in [-0.39, 0.29) is 18.2 Å². The minimum Gasteiger partial charge on any atom is -0.349 e. The van der Waals surface area contributed by atoms with Crippen LogP contribution in [0.1, 0.15) is 34.8 Å². The molecular weight excluding hydrogens is 202 g/mol. The number of amides is 1. The Kier molecular flexibility index (Phi) is 4.23. The first-order chi connectivity index (χ1) is 7.54. The lowest BCUT2D eigenvalue weighted by Gasteiger charge is -2.07. The summed E-state index contributed by atoms with van der Waals surface area (Å²) in [6.45, 7) is 5.68. The number of carbonyl (C=O) groups excluding carboxylic acids is 2. The van der Waals surface area contributed by atoms with Gasteiger partial charge in [0.1, 0.15) is 0 Å². The van der Waals surface area contributed by atoms with Crippen molar-refractivity contribution < 1.29 is 9.59 Å². The Labute approximate surface area is 95.9 Å². The van der Waals surface area contributed by atoms with Gasteiger partial charge in [0.05, 0.1) is 6.54 Å². The number of ketones is 1. The highest BCUT2D eigenvalue weighted by Crippen LogP contribution is 2.10. The van der Waals surface area contributed by atoms with Crippen LogP contribution in [0.2, 0.25) is 0 Å². The smallest absolute Gasteiger partial charge is 0.220 e. The molecule has 0 radical (unpaired) electrons. The fourth-order valence-corrected chi connectivity index (χ4v) is 1.44. The summed E-state index contributed by atoms with van der Waals surface area (Å²) < 4.78 is 0. The van der Waals surface area contributed by atoms with Gasteiger partial charge in [0, 0.05) is 12.0 Å². The predicted octanol–water partition coefficient (Wildman–Crippen LogP) is 2.01. The average Bonchev–Trinajstić information content (AvgIpc) is 2.28. The van der Waals surface area contributed by atoms with E-state index < -0.39 is 0 Å². The second-order valence-electron chi connectivity index (χ2n) is 3.87. The van der Waals surface area contributed by atoms with E-state index in [1.165, 1.54) is 0 Å². The summed E-state index contributed by atoms with van der Waals surface area (Å²) >= 11 is 0. The average molecular weight is 219 g/mol. The molecule has 0 fully saturated rings. The van der Waals surface area contributed by atoms with Gasteiger partial charge in [-0.3, -0.25) is 9.59 Å². The standard InChI is InChI=1S/C13H17NO2/c1-4-13(16)14-8-12(15)11-7-9(2)5-6-10(11)3/h5-7H,4,8H2,1-3H3,(H,14,16). The molecule has 1 aromatic rings. The first-order valence-corrected chi connectivity index (χ1v) is 5.41. The van der Waals surface area contributed by atoms with Gasteiger partial charge in [-0.15, -0.1) is 0 Å². The van der Waals surface area contributed by atoms with Crippen LogP contribution in [0.25, 0.3) is 0 Å². The first-order valence-electron chi connectivity index (χ1n) is 5.41. The summed E-state index contributed by atoms with van der Waals surface area (Å²) in [5.41, 5.74) is 2.69. The van der Waals surface area contributed by atoms with E-state index in [0.29, 0.717) is 12.0 Å². The van der Waals surface area contributed by atoms with Crippen molar-refractivity contribution >= 4 is 11.7 Å². The van der Waals surface area contributed by atoms with Gasteiger partial charge in [0.25, 0.3) is 0 Å². The van der Waals surface area contributed by atoms with Crippen molar-refractivity contribution in [2.75, 3.05) is 6.54 Å². The lowest BCUT2D eigenvalue weighted by molar-refractivity contribution is -0.120. The monoisotopic (exact) mass is 219 g/mol. The zero-order valence-corrected chi connectivity index (χ0v) is 9.96. The molecule has 1 aromatic carbocycles. The molecule has 0 unspecified atom stereocenters. The summed E-state index contributed by atoms with van der Waals surface area (Å²) in [6, 6.07) is 5.75. The largest absolute Gasteiger partial charge is 0.349 e. The number of rotatable bonds is 4. The van der Waals surface area contributed by atoms with Gasteiger partial charge in [0.2, 0.25) is 5.91 Å². The van der Waals surface area contributed by atoms with Crippen molar-refractivity contribution in [2.45, 2.75) is 27.2 Å². The SMILES string of the molecule is CCC(=O)NCC(=O)c1cc(C)ccc1C. The quantitative estimate of drug-likeness (QED) is 0.787. The van der Waals surface area contributed by atoms with Crippen LogP contribution in [0.5, 0.6) is 0 Å². The van der Waals surface area contributed by atoms with Crippen LogP contribution in [-0.2, 0) is 4.79 Å². The molecule has 0 aromatic heterocycles. The number of Topliss-reactive ketones (excluding diaryl/α,β-unsaturated/α-hetero) is 1. The first kappa shape index (κ1) is 12.4. The van der Waals surface area contributed by atoms with E-state index in [1.807, 2.05) is 32.0 Å². The molecule has 0 saturated heterocycles. The molecular formula is C13H17NO2. The van der Waals surface area contributed by atoms with Crippen LogP contribution in [0.4, 0.5) is 0 Å². The van der Waals surface area contributed by atoms with Gasteiger partial charge in [-0.2, -0.15) is 0 Å². The normalized spacial score (nSPS) is 9.94. The van der Waals surface area contributed by atoms with Crippen molar-refractivity contribution in [3.63, 3.8) is 0 Å². The van der Waals surface area contributed by atoms with E-state index in [1.54, 1.807) is 6.92 Å². The van der Waals surface area contributed by atoms with E-state index in [2.05, 4.69) is 5.32 Å². The van der Waals surface area contributed by atoms with E-state index in [4.69, 9.17) is 0 Å². The van der Waals surface area contributed by atoms with Crippen LogP contribution >= 0.6 is 0 Å². The number of nitrogens with one attached hydrogen (secondary N) is 1. The highest BCUT2D eigenvalue weighted by molar-refractivity contribution is 6.00. The third kappa shape index (κ3) is 3.19. The predicted molar refractivity (Wildman–Crippen MR) is 63.5 cm³/mol. The Bertz CT molecular complexity index is 410. The van der Waals surface area contributed by atoms with Crippen molar-refractivity contribution in [1.82, 2.24) is 5.32 Å². The lowest BCUT2D eigenvalue weighted by atomic mass is 10.0. The highest BCUT2D eigenvalue weighted by Gasteiger charge is 2.09. The maximum absolute atomic E-state index is 11.8. The fraction of sp³-hybridized carbons (Fsp3) is 0.385.